The topological polar surface area (TPSA) is 50.8 Å². The van der Waals surface area contributed by atoms with Gasteiger partial charge in [-0.2, -0.15) is 0 Å². The van der Waals surface area contributed by atoms with E-state index in [1.165, 1.54) is 25.3 Å². The number of benzene rings is 2. The van der Waals surface area contributed by atoms with Gasteiger partial charge in [0.25, 0.3) is 5.91 Å². The van der Waals surface area contributed by atoms with Gasteiger partial charge in [-0.05, 0) is 50.8 Å². The fourth-order valence-electron chi connectivity index (χ4n) is 2.74. The normalized spacial score (nSPS) is 12.0. The van der Waals surface area contributed by atoms with Crippen LogP contribution in [0.2, 0.25) is 5.02 Å². The third-order valence-electron chi connectivity index (χ3n) is 4.09. The third kappa shape index (κ3) is 5.34. The first-order chi connectivity index (χ1) is 12.9. The SMILES string of the molecule is CCOc1c(Cl)cc(C(=O)NCC(c2cccc(F)c2)N(C)C)cc1OC. The van der Waals surface area contributed by atoms with Crippen LogP contribution >= 0.6 is 11.6 Å². The number of hydrogen-bond acceptors (Lipinski definition) is 4. The fraction of sp³-hybridized carbons (Fsp3) is 0.350. The molecule has 2 aromatic rings. The van der Waals surface area contributed by atoms with Crippen molar-refractivity contribution in [2.24, 2.45) is 0 Å². The highest BCUT2D eigenvalue weighted by Crippen LogP contribution is 2.36. The number of nitrogens with one attached hydrogen (secondary N) is 1. The molecule has 0 aliphatic carbocycles. The van der Waals surface area contributed by atoms with Crippen LogP contribution in [0, 0.1) is 5.82 Å². The van der Waals surface area contributed by atoms with Crippen LogP contribution < -0.4 is 14.8 Å². The van der Waals surface area contributed by atoms with Crippen LogP contribution in [0.25, 0.3) is 0 Å². The van der Waals surface area contributed by atoms with Gasteiger partial charge in [-0.3, -0.25) is 4.79 Å². The first-order valence-corrected chi connectivity index (χ1v) is 8.95. The van der Waals surface area contributed by atoms with E-state index < -0.39 is 0 Å². The Morgan fingerprint density at radius 2 is 2.04 bits per heavy atom. The fourth-order valence-corrected chi connectivity index (χ4v) is 3.00. The lowest BCUT2D eigenvalue weighted by molar-refractivity contribution is 0.0941. The number of carbonyl (C=O) groups is 1. The van der Waals surface area contributed by atoms with Crippen LogP contribution in [0.4, 0.5) is 4.39 Å². The number of amides is 1. The van der Waals surface area contributed by atoms with Gasteiger partial charge < -0.3 is 19.7 Å². The largest absolute Gasteiger partial charge is 0.493 e. The molecule has 7 heteroatoms. The highest BCUT2D eigenvalue weighted by Gasteiger charge is 2.19. The minimum absolute atomic E-state index is 0.176. The van der Waals surface area contributed by atoms with Crippen molar-refractivity contribution in [1.29, 1.82) is 0 Å². The second kappa shape index (κ2) is 9.58. The number of likely N-dealkylation sites (N-methyl/N-ethyl adjacent to an activating group) is 1. The summed E-state index contributed by atoms with van der Waals surface area (Å²) >= 11 is 6.23. The lowest BCUT2D eigenvalue weighted by Gasteiger charge is -2.25. The average Bonchev–Trinajstić information content (AvgIpc) is 2.63. The number of halogens is 2. The molecule has 0 spiro atoms. The number of methoxy groups -OCH3 is 1. The molecule has 0 aromatic heterocycles. The third-order valence-corrected chi connectivity index (χ3v) is 4.37. The van der Waals surface area contributed by atoms with Gasteiger partial charge in [0.1, 0.15) is 5.82 Å². The first-order valence-electron chi connectivity index (χ1n) is 8.57. The number of hydrogen-bond donors (Lipinski definition) is 1. The summed E-state index contributed by atoms with van der Waals surface area (Å²) in [5.41, 5.74) is 1.14. The molecule has 0 radical (unpaired) electrons. The number of nitrogens with zero attached hydrogens (tertiary/aromatic N) is 1. The van der Waals surface area contributed by atoms with Crippen LogP contribution in [0.3, 0.4) is 0 Å². The summed E-state index contributed by atoms with van der Waals surface area (Å²) in [5, 5.41) is 3.17. The summed E-state index contributed by atoms with van der Waals surface area (Å²) in [6, 6.07) is 9.29. The number of ether oxygens (including phenoxy) is 2. The van der Waals surface area contributed by atoms with Gasteiger partial charge in [-0.25, -0.2) is 4.39 Å². The van der Waals surface area contributed by atoms with Crippen molar-refractivity contribution >= 4 is 17.5 Å². The Kier molecular flexibility index (Phi) is 7.45. The molecular weight excluding hydrogens is 371 g/mol. The van der Waals surface area contributed by atoms with Crippen LogP contribution in [0.5, 0.6) is 11.5 Å². The van der Waals surface area contributed by atoms with E-state index in [-0.39, 0.29) is 17.8 Å². The Bertz CT molecular complexity index is 799. The van der Waals surface area contributed by atoms with E-state index in [9.17, 15) is 9.18 Å². The van der Waals surface area contributed by atoms with E-state index in [4.69, 9.17) is 21.1 Å². The van der Waals surface area contributed by atoms with Crippen molar-refractivity contribution in [2.45, 2.75) is 13.0 Å². The lowest BCUT2D eigenvalue weighted by Crippen LogP contribution is -2.34. The van der Waals surface area contributed by atoms with E-state index in [0.717, 1.165) is 5.56 Å². The Morgan fingerprint density at radius 1 is 1.30 bits per heavy atom. The van der Waals surface area contributed by atoms with Gasteiger partial charge in [0, 0.05) is 12.1 Å². The summed E-state index contributed by atoms with van der Waals surface area (Å²) in [6.07, 6.45) is 0. The molecule has 0 bridgehead atoms. The van der Waals surface area contributed by atoms with E-state index in [2.05, 4.69) is 5.32 Å². The molecule has 1 atom stereocenters. The molecule has 2 rings (SSSR count). The summed E-state index contributed by atoms with van der Waals surface area (Å²) in [4.78, 5) is 14.5. The van der Waals surface area contributed by atoms with Crippen LogP contribution in [0.1, 0.15) is 28.9 Å². The van der Waals surface area contributed by atoms with E-state index >= 15 is 0 Å². The maximum Gasteiger partial charge on any atom is 0.251 e. The molecule has 0 fully saturated rings. The second-order valence-corrected chi connectivity index (χ2v) is 6.57. The molecule has 1 unspecified atom stereocenters. The van der Waals surface area contributed by atoms with Gasteiger partial charge in [0.2, 0.25) is 0 Å². The molecule has 27 heavy (non-hydrogen) atoms. The van der Waals surface area contributed by atoms with Gasteiger partial charge in [0.05, 0.1) is 24.8 Å². The van der Waals surface area contributed by atoms with Crippen LogP contribution in [-0.2, 0) is 0 Å². The predicted octanol–water partition coefficient (Wildman–Crippen LogP) is 3.92. The zero-order valence-electron chi connectivity index (χ0n) is 15.9. The quantitative estimate of drug-likeness (QED) is 0.737. The highest BCUT2D eigenvalue weighted by atomic mass is 35.5. The highest BCUT2D eigenvalue weighted by molar-refractivity contribution is 6.32. The molecule has 5 nitrogen and oxygen atoms in total. The molecule has 0 aliphatic heterocycles. The Balaban J connectivity index is 2.17. The predicted molar refractivity (Wildman–Crippen MR) is 104 cm³/mol. The van der Waals surface area contributed by atoms with Gasteiger partial charge >= 0.3 is 0 Å². The Morgan fingerprint density at radius 3 is 2.63 bits per heavy atom. The van der Waals surface area contributed by atoms with Crippen molar-refractivity contribution < 1.29 is 18.7 Å². The van der Waals surface area contributed by atoms with Crippen molar-refractivity contribution in [3.8, 4) is 11.5 Å². The molecule has 0 heterocycles. The minimum atomic E-state index is -0.311. The number of carbonyl (C=O) groups excluding carboxylic acids is 1. The lowest BCUT2D eigenvalue weighted by atomic mass is 10.1. The van der Waals surface area contributed by atoms with Gasteiger partial charge in [0.15, 0.2) is 11.5 Å². The summed E-state index contributed by atoms with van der Waals surface area (Å²) in [5.74, 6) is 0.183. The molecule has 146 valence electrons. The van der Waals surface area contributed by atoms with Crippen LogP contribution in [0.15, 0.2) is 36.4 Å². The summed E-state index contributed by atoms with van der Waals surface area (Å²) < 4.78 is 24.3. The van der Waals surface area contributed by atoms with Crippen molar-refractivity contribution in [3.05, 3.63) is 58.4 Å². The van der Waals surface area contributed by atoms with Crippen LogP contribution in [-0.4, -0.2) is 45.2 Å². The zero-order valence-corrected chi connectivity index (χ0v) is 16.6. The maximum absolute atomic E-state index is 13.5. The van der Waals surface area contributed by atoms with E-state index in [1.807, 2.05) is 32.0 Å². The standard InChI is InChI=1S/C20H24ClFN2O3/c1-5-27-19-16(21)10-14(11-18(19)26-4)20(25)23-12-17(24(2)3)13-7-6-8-15(22)9-13/h6-11,17H,5,12H2,1-4H3,(H,23,25). The van der Waals surface area contributed by atoms with E-state index in [0.29, 0.717) is 35.2 Å². The molecule has 0 saturated heterocycles. The molecule has 1 amide bonds. The summed E-state index contributed by atoms with van der Waals surface area (Å²) in [7, 11) is 5.24. The smallest absolute Gasteiger partial charge is 0.251 e. The van der Waals surface area contributed by atoms with Gasteiger partial charge in [-0.1, -0.05) is 23.7 Å². The molecule has 1 N–H and O–H groups in total. The second-order valence-electron chi connectivity index (χ2n) is 6.17. The first kappa shape index (κ1) is 21.0. The molecule has 0 saturated carbocycles. The van der Waals surface area contributed by atoms with Crippen molar-refractivity contribution in [1.82, 2.24) is 10.2 Å². The zero-order chi connectivity index (χ0) is 20.0. The monoisotopic (exact) mass is 394 g/mol. The van der Waals surface area contributed by atoms with Crippen molar-refractivity contribution in [3.63, 3.8) is 0 Å². The minimum Gasteiger partial charge on any atom is -0.493 e. The molecule has 0 aliphatic rings. The number of rotatable bonds is 8. The average molecular weight is 395 g/mol. The Hall–Kier alpha value is -2.31. The van der Waals surface area contributed by atoms with Gasteiger partial charge in [-0.15, -0.1) is 0 Å². The van der Waals surface area contributed by atoms with Crippen molar-refractivity contribution in [2.75, 3.05) is 34.4 Å². The Labute approximate surface area is 164 Å². The summed E-state index contributed by atoms with van der Waals surface area (Å²) in [6.45, 7) is 2.58. The van der Waals surface area contributed by atoms with E-state index in [1.54, 1.807) is 12.1 Å². The molecule has 2 aromatic carbocycles. The molecular formula is C20H24ClFN2O3. The maximum atomic E-state index is 13.5.